The molecule has 0 saturated carbocycles. The number of nitrogens with zero attached hydrogens (tertiary/aromatic N) is 3. The van der Waals surface area contributed by atoms with E-state index in [1.165, 1.54) is 39.1 Å². The second-order valence-electron chi connectivity index (χ2n) is 7.50. The van der Waals surface area contributed by atoms with E-state index in [1.54, 1.807) is 6.26 Å². The quantitative estimate of drug-likeness (QED) is 0.837. The first kappa shape index (κ1) is 15.6. The topological polar surface area (TPSA) is 32.1 Å². The van der Waals surface area contributed by atoms with Gasteiger partial charge in [0.2, 0.25) is 0 Å². The van der Waals surface area contributed by atoms with E-state index in [0.29, 0.717) is 12.0 Å². The summed E-state index contributed by atoms with van der Waals surface area (Å²) in [5, 5.41) is 0. The standard InChI is InChI=1S/C18H29N3O2/c1-19-6-8-20(9-7-19)13-18-17-12-21(5-4-15(17)14-23-18)11-16-3-2-10-22-16/h2-3,10,15,17-18H,4-9,11-14H2,1H3/t15-,17-,18+/m1/s1. The Morgan fingerprint density at radius 3 is 2.78 bits per heavy atom. The van der Waals surface area contributed by atoms with E-state index >= 15 is 0 Å². The summed E-state index contributed by atoms with van der Waals surface area (Å²) in [4.78, 5) is 7.56. The van der Waals surface area contributed by atoms with Crippen molar-refractivity contribution in [2.75, 3.05) is 59.5 Å². The molecule has 1 aromatic rings. The molecule has 0 aliphatic carbocycles. The normalized spacial score (nSPS) is 33.9. The van der Waals surface area contributed by atoms with Crippen molar-refractivity contribution in [1.29, 1.82) is 0 Å². The lowest BCUT2D eigenvalue weighted by molar-refractivity contribution is 0.0290. The summed E-state index contributed by atoms with van der Waals surface area (Å²) >= 11 is 0. The van der Waals surface area contributed by atoms with Crippen molar-refractivity contribution in [3.05, 3.63) is 24.2 Å². The molecule has 0 N–H and O–H groups in total. The summed E-state index contributed by atoms with van der Waals surface area (Å²) in [6.45, 7) is 10.1. The monoisotopic (exact) mass is 319 g/mol. The molecule has 0 radical (unpaired) electrons. The van der Waals surface area contributed by atoms with E-state index in [2.05, 4.69) is 27.8 Å². The lowest BCUT2D eigenvalue weighted by Gasteiger charge is -2.38. The first-order chi connectivity index (χ1) is 11.3. The van der Waals surface area contributed by atoms with Gasteiger partial charge in [0.15, 0.2) is 0 Å². The Balaban J connectivity index is 1.33. The van der Waals surface area contributed by atoms with Gasteiger partial charge in [0, 0.05) is 45.2 Å². The molecule has 0 unspecified atom stereocenters. The number of piperazine rings is 1. The number of hydrogen-bond acceptors (Lipinski definition) is 5. The van der Waals surface area contributed by atoms with Crippen molar-refractivity contribution in [2.24, 2.45) is 11.8 Å². The molecule has 0 spiro atoms. The molecule has 3 atom stereocenters. The van der Waals surface area contributed by atoms with E-state index in [9.17, 15) is 0 Å². The number of hydrogen-bond donors (Lipinski definition) is 0. The van der Waals surface area contributed by atoms with Gasteiger partial charge < -0.3 is 14.1 Å². The van der Waals surface area contributed by atoms with Crippen LogP contribution in [0.3, 0.4) is 0 Å². The number of furan rings is 1. The van der Waals surface area contributed by atoms with Crippen molar-refractivity contribution in [3.8, 4) is 0 Å². The average Bonchev–Trinajstić information content (AvgIpc) is 3.20. The summed E-state index contributed by atoms with van der Waals surface area (Å²) in [7, 11) is 2.22. The first-order valence-electron chi connectivity index (χ1n) is 9.05. The Bertz CT molecular complexity index is 484. The Morgan fingerprint density at radius 1 is 1.13 bits per heavy atom. The highest BCUT2D eigenvalue weighted by Gasteiger charge is 2.41. The summed E-state index contributed by atoms with van der Waals surface area (Å²) in [5.41, 5.74) is 0. The van der Waals surface area contributed by atoms with Crippen molar-refractivity contribution in [3.63, 3.8) is 0 Å². The smallest absolute Gasteiger partial charge is 0.117 e. The Hall–Kier alpha value is -0.880. The second kappa shape index (κ2) is 6.93. The fourth-order valence-corrected chi connectivity index (χ4v) is 4.34. The maximum Gasteiger partial charge on any atom is 0.117 e. The van der Waals surface area contributed by atoms with Gasteiger partial charge in [-0.1, -0.05) is 0 Å². The molecule has 0 aromatic carbocycles. The molecular formula is C18H29N3O2. The zero-order chi connectivity index (χ0) is 15.6. The van der Waals surface area contributed by atoms with Crippen molar-refractivity contribution >= 4 is 0 Å². The fraction of sp³-hybridized carbons (Fsp3) is 0.778. The molecule has 3 fully saturated rings. The number of likely N-dealkylation sites (tertiary alicyclic amines) is 1. The van der Waals surface area contributed by atoms with E-state index < -0.39 is 0 Å². The van der Waals surface area contributed by atoms with Crippen molar-refractivity contribution < 1.29 is 9.15 Å². The minimum atomic E-state index is 0.419. The van der Waals surface area contributed by atoms with Crippen LogP contribution >= 0.6 is 0 Å². The average molecular weight is 319 g/mol. The van der Waals surface area contributed by atoms with Crippen LogP contribution in [0.4, 0.5) is 0 Å². The van der Waals surface area contributed by atoms with Crippen LogP contribution < -0.4 is 0 Å². The Morgan fingerprint density at radius 2 is 2.00 bits per heavy atom. The van der Waals surface area contributed by atoms with Gasteiger partial charge in [0.25, 0.3) is 0 Å². The Labute approximate surface area is 139 Å². The highest BCUT2D eigenvalue weighted by molar-refractivity contribution is 4.99. The predicted octanol–water partition coefficient (Wildman–Crippen LogP) is 1.36. The third-order valence-electron chi connectivity index (χ3n) is 5.89. The maximum absolute atomic E-state index is 6.21. The molecule has 4 heterocycles. The van der Waals surface area contributed by atoms with Crippen LogP contribution in [-0.4, -0.2) is 80.3 Å². The molecule has 23 heavy (non-hydrogen) atoms. The van der Waals surface area contributed by atoms with E-state index in [-0.39, 0.29) is 0 Å². The largest absolute Gasteiger partial charge is 0.468 e. The third kappa shape index (κ3) is 3.63. The molecule has 5 nitrogen and oxygen atoms in total. The number of rotatable bonds is 4. The molecule has 0 bridgehead atoms. The van der Waals surface area contributed by atoms with Crippen LogP contribution in [-0.2, 0) is 11.3 Å². The highest BCUT2D eigenvalue weighted by atomic mass is 16.5. The minimum absolute atomic E-state index is 0.419. The van der Waals surface area contributed by atoms with Crippen LogP contribution in [0.15, 0.2) is 22.8 Å². The molecule has 0 amide bonds. The number of piperidine rings is 1. The summed E-state index contributed by atoms with van der Waals surface area (Å²) in [6, 6.07) is 4.07. The Kier molecular flexibility index (Phi) is 4.71. The van der Waals surface area contributed by atoms with Gasteiger partial charge >= 0.3 is 0 Å². The highest BCUT2D eigenvalue weighted by Crippen LogP contribution is 2.35. The minimum Gasteiger partial charge on any atom is -0.468 e. The van der Waals surface area contributed by atoms with Crippen molar-refractivity contribution in [2.45, 2.75) is 19.1 Å². The second-order valence-corrected chi connectivity index (χ2v) is 7.50. The molecule has 5 heteroatoms. The van der Waals surface area contributed by atoms with Gasteiger partial charge in [-0.15, -0.1) is 0 Å². The molecule has 3 aliphatic rings. The maximum atomic E-state index is 6.21. The van der Waals surface area contributed by atoms with Gasteiger partial charge in [0.05, 0.1) is 25.5 Å². The van der Waals surface area contributed by atoms with E-state index in [1.807, 2.05) is 6.07 Å². The fourth-order valence-electron chi connectivity index (χ4n) is 4.34. The first-order valence-corrected chi connectivity index (χ1v) is 9.05. The number of fused-ring (bicyclic) bond motifs is 1. The summed E-state index contributed by atoms with van der Waals surface area (Å²) in [6.07, 6.45) is 3.46. The van der Waals surface area contributed by atoms with Crippen LogP contribution in [0.25, 0.3) is 0 Å². The van der Waals surface area contributed by atoms with Gasteiger partial charge in [0.1, 0.15) is 5.76 Å². The summed E-state index contributed by atoms with van der Waals surface area (Å²) < 4.78 is 11.7. The van der Waals surface area contributed by atoms with Gasteiger partial charge in [-0.2, -0.15) is 0 Å². The summed E-state index contributed by atoms with van der Waals surface area (Å²) in [5.74, 6) is 2.54. The lowest BCUT2D eigenvalue weighted by atomic mass is 9.84. The van der Waals surface area contributed by atoms with Gasteiger partial charge in [-0.05, 0) is 38.1 Å². The molecule has 1 aromatic heterocycles. The van der Waals surface area contributed by atoms with Crippen LogP contribution in [0.1, 0.15) is 12.2 Å². The van der Waals surface area contributed by atoms with Crippen LogP contribution in [0.2, 0.25) is 0 Å². The molecule has 128 valence electrons. The predicted molar refractivity (Wildman–Crippen MR) is 89.3 cm³/mol. The molecular weight excluding hydrogens is 290 g/mol. The van der Waals surface area contributed by atoms with Crippen molar-refractivity contribution in [1.82, 2.24) is 14.7 Å². The molecule has 3 saturated heterocycles. The zero-order valence-electron chi connectivity index (χ0n) is 14.2. The number of likely N-dealkylation sites (N-methyl/N-ethyl adjacent to an activating group) is 1. The molecule has 3 aliphatic heterocycles. The SMILES string of the molecule is CN1CCN(C[C@@H]2OC[C@H]3CCN(Cc4ccco4)C[C@H]32)CC1. The van der Waals surface area contributed by atoms with Crippen LogP contribution in [0, 0.1) is 11.8 Å². The van der Waals surface area contributed by atoms with Gasteiger partial charge in [-0.3, -0.25) is 9.80 Å². The lowest BCUT2D eigenvalue weighted by Crippen LogP contribution is -2.49. The number of ether oxygens (including phenoxy) is 1. The van der Waals surface area contributed by atoms with E-state index in [0.717, 1.165) is 37.9 Å². The zero-order valence-corrected chi connectivity index (χ0v) is 14.2. The van der Waals surface area contributed by atoms with E-state index in [4.69, 9.17) is 9.15 Å². The molecule has 4 rings (SSSR count). The van der Waals surface area contributed by atoms with Gasteiger partial charge in [-0.25, -0.2) is 0 Å². The third-order valence-corrected chi connectivity index (χ3v) is 5.89. The van der Waals surface area contributed by atoms with Crippen LogP contribution in [0.5, 0.6) is 0 Å².